The molecule has 2 N–H and O–H groups in total. The summed E-state index contributed by atoms with van der Waals surface area (Å²) < 4.78 is 1.60. The third-order valence-corrected chi connectivity index (χ3v) is 4.62. The number of aromatic nitrogens is 3. The molecule has 1 atom stereocenters. The number of aromatic amines is 1. The van der Waals surface area contributed by atoms with Crippen LogP contribution in [-0.4, -0.2) is 31.6 Å². The van der Waals surface area contributed by atoms with Crippen molar-refractivity contribution < 1.29 is 9.90 Å². The fourth-order valence-corrected chi connectivity index (χ4v) is 3.47. The molecule has 0 saturated heterocycles. The summed E-state index contributed by atoms with van der Waals surface area (Å²) in [6.45, 7) is 0. The highest BCUT2D eigenvalue weighted by Gasteiger charge is 2.24. The van der Waals surface area contributed by atoms with Crippen LogP contribution in [0, 0.1) is 0 Å². The summed E-state index contributed by atoms with van der Waals surface area (Å²) in [6.07, 6.45) is 2.55. The van der Waals surface area contributed by atoms with Gasteiger partial charge in [0, 0.05) is 6.04 Å². The van der Waals surface area contributed by atoms with Crippen molar-refractivity contribution in [2.45, 2.75) is 30.5 Å². The summed E-state index contributed by atoms with van der Waals surface area (Å²) in [6, 6.07) is 8.25. The van der Waals surface area contributed by atoms with Gasteiger partial charge in [0.25, 0.3) is 0 Å². The van der Waals surface area contributed by atoms with E-state index in [1.165, 1.54) is 11.1 Å². The highest BCUT2D eigenvalue weighted by atomic mass is 32.2. The molecule has 1 aromatic heterocycles. The van der Waals surface area contributed by atoms with Gasteiger partial charge < -0.3 is 5.11 Å². The largest absolute Gasteiger partial charge is 0.481 e. The van der Waals surface area contributed by atoms with Gasteiger partial charge in [-0.3, -0.25) is 9.36 Å². The van der Waals surface area contributed by atoms with E-state index in [1.807, 2.05) is 12.1 Å². The smallest absolute Gasteiger partial charge is 0.344 e. The molecule has 0 saturated carbocycles. The van der Waals surface area contributed by atoms with Crippen LogP contribution in [0.3, 0.4) is 0 Å². The van der Waals surface area contributed by atoms with E-state index in [9.17, 15) is 9.59 Å². The molecule has 6 nitrogen and oxygen atoms in total. The lowest BCUT2D eigenvalue weighted by Gasteiger charge is -2.25. The van der Waals surface area contributed by atoms with Crippen molar-refractivity contribution >= 4 is 17.7 Å². The number of aliphatic carboxylic acids is 1. The Morgan fingerprint density at radius 2 is 2.19 bits per heavy atom. The summed E-state index contributed by atoms with van der Waals surface area (Å²) in [4.78, 5) is 22.7. The minimum Gasteiger partial charge on any atom is -0.481 e. The molecular weight excluding hydrogens is 290 g/mol. The van der Waals surface area contributed by atoms with Crippen LogP contribution in [0.5, 0.6) is 0 Å². The SMILES string of the molecule is O=C(O)CSc1n[nH]c(=O)n1C1CCc2ccccc2C1. The number of thioether (sulfide) groups is 1. The van der Waals surface area contributed by atoms with Crippen molar-refractivity contribution in [1.29, 1.82) is 0 Å². The number of hydrogen-bond acceptors (Lipinski definition) is 4. The Morgan fingerprint density at radius 3 is 2.95 bits per heavy atom. The molecule has 0 aliphatic heterocycles. The van der Waals surface area contributed by atoms with Gasteiger partial charge in [-0.2, -0.15) is 0 Å². The maximum atomic E-state index is 12.0. The lowest BCUT2D eigenvalue weighted by atomic mass is 9.88. The van der Waals surface area contributed by atoms with Crippen LogP contribution in [0.25, 0.3) is 0 Å². The first-order chi connectivity index (χ1) is 10.1. The molecule has 21 heavy (non-hydrogen) atoms. The number of benzene rings is 1. The van der Waals surface area contributed by atoms with E-state index in [0.717, 1.165) is 31.0 Å². The van der Waals surface area contributed by atoms with Gasteiger partial charge >= 0.3 is 11.7 Å². The quantitative estimate of drug-likeness (QED) is 0.835. The van der Waals surface area contributed by atoms with Crippen LogP contribution in [0.15, 0.2) is 34.2 Å². The second kappa shape index (κ2) is 5.77. The molecule has 1 unspecified atom stereocenters. The number of carbonyl (C=O) groups is 1. The van der Waals surface area contributed by atoms with Crippen LogP contribution in [0.4, 0.5) is 0 Å². The maximum Gasteiger partial charge on any atom is 0.344 e. The van der Waals surface area contributed by atoms with Gasteiger partial charge in [-0.05, 0) is 30.4 Å². The molecule has 0 spiro atoms. The molecule has 1 heterocycles. The summed E-state index contributed by atoms with van der Waals surface area (Å²) >= 11 is 1.07. The van der Waals surface area contributed by atoms with E-state index in [4.69, 9.17) is 5.11 Å². The molecule has 3 rings (SSSR count). The topological polar surface area (TPSA) is 88.0 Å². The van der Waals surface area contributed by atoms with Crippen LogP contribution in [-0.2, 0) is 17.6 Å². The number of nitrogens with zero attached hydrogens (tertiary/aromatic N) is 2. The lowest BCUT2D eigenvalue weighted by Crippen LogP contribution is -2.27. The number of hydrogen-bond donors (Lipinski definition) is 2. The van der Waals surface area contributed by atoms with Gasteiger partial charge in [-0.1, -0.05) is 36.0 Å². The van der Waals surface area contributed by atoms with Gasteiger partial charge in [0.1, 0.15) is 0 Å². The Balaban J connectivity index is 1.86. The second-order valence-corrected chi connectivity index (χ2v) is 5.97. The van der Waals surface area contributed by atoms with Gasteiger partial charge in [0.15, 0.2) is 5.16 Å². The first kappa shape index (κ1) is 13.9. The molecule has 0 bridgehead atoms. The molecule has 1 aliphatic carbocycles. The Bertz CT molecular complexity index is 722. The first-order valence-electron chi connectivity index (χ1n) is 6.73. The monoisotopic (exact) mass is 305 g/mol. The van der Waals surface area contributed by atoms with Gasteiger partial charge in [0.05, 0.1) is 5.75 Å². The zero-order valence-corrected chi connectivity index (χ0v) is 12.1. The highest BCUT2D eigenvalue weighted by Crippen LogP contribution is 2.30. The molecule has 0 radical (unpaired) electrons. The van der Waals surface area contributed by atoms with Crippen LogP contribution >= 0.6 is 11.8 Å². The fraction of sp³-hybridized carbons (Fsp3) is 0.357. The van der Waals surface area contributed by atoms with Crippen LogP contribution < -0.4 is 5.69 Å². The molecule has 7 heteroatoms. The predicted molar refractivity (Wildman–Crippen MR) is 78.7 cm³/mol. The van der Waals surface area contributed by atoms with Gasteiger partial charge in [0.2, 0.25) is 0 Å². The van der Waals surface area contributed by atoms with E-state index in [-0.39, 0.29) is 17.5 Å². The molecule has 2 aromatic rings. The van der Waals surface area contributed by atoms with Crippen molar-refractivity contribution in [3.63, 3.8) is 0 Å². The summed E-state index contributed by atoms with van der Waals surface area (Å²) in [5.74, 6) is -1.02. The maximum absolute atomic E-state index is 12.0. The van der Waals surface area contributed by atoms with Crippen LogP contribution in [0.1, 0.15) is 23.6 Å². The zero-order valence-electron chi connectivity index (χ0n) is 11.3. The Hall–Kier alpha value is -2.02. The average molecular weight is 305 g/mol. The van der Waals surface area contributed by atoms with E-state index in [2.05, 4.69) is 22.3 Å². The number of carboxylic acid groups (broad SMARTS) is 1. The van der Waals surface area contributed by atoms with E-state index in [0.29, 0.717) is 5.16 Å². The van der Waals surface area contributed by atoms with Crippen molar-refractivity contribution in [2.75, 3.05) is 5.75 Å². The predicted octanol–water partition coefficient (Wildman–Crippen LogP) is 1.48. The number of rotatable bonds is 4. The van der Waals surface area contributed by atoms with Gasteiger partial charge in [-0.15, -0.1) is 5.10 Å². The third-order valence-electron chi connectivity index (χ3n) is 3.68. The van der Waals surface area contributed by atoms with E-state index < -0.39 is 5.97 Å². The standard InChI is InChI=1S/C14H15N3O3S/c18-12(19)8-21-14-16-15-13(20)17(14)11-6-5-9-3-1-2-4-10(9)7-11/h1-4,11H,5-8H2,(H,15,20)(H,18,19). The van der Waals surface area contributed by atoms with Crippen molar-refractivity contribution in [3.05, 3.63) is 45.9 Å². The average Bonchev–Trinajstić information content (AvgIpc) is 2.85. The Kier molecular flexibility index (Phi) is 3.83. The summed E-state index contributed by atoms with van der Waals surface area (Å²) in [7, 11) is 0. The summed E-state index contributed by atoms with van der Waals surface area (Å²) in [5, 5.41) is 15.6. The zero-order chi connectivity index (χ0) is 14.8. The fourth-order valence-electron chi connectivity index (χ4n) is 2.74. The molecule has 1 aliphatic rings. The minimum absolute atomic E-state index is 0.0300. The number of nitrogens with one attached hydrogen (secondary N) is 1. The van der Waals surface area contributed by atoms with Crippen molar-refractivity contribution in [3.8, 4) is 0 Å². The molecule has 110 valence electrons. The van der Waals surface area contributed by atoms with E-state index >= 15 is 0 Å². The Labute approximate surface area is 125 Å². The van der Waals surface area contributed by atoms with Crippen molar-refractivity contribution in [1.82, 2.24) is 14.8 Å². The number of fused-ring (bicyclic) bond motifs is 1. The van der Waals surface area contributed by atoms with Gasteiger partial charge in [-0.25, -0.2) is 9.89 Å². The lowest BCUT2D eigenvalue weighted by molar-refractivity contribution is -0.133. The number of carboxylic acids is 1. The minimum atomic E-state index is -0.920. The normalized spacial score (nSPS) is 17.4. The number of H-pyrrole nitrogens is 1. The second-order valence-electron chi connectivity index (χ2n) is 5.03. The Morgan fingerprint density at radius 1 is 1.43 bits per heavy atom. The molecular formula is C14H15N3O3S. The number of aryl methyl sites for hydroxylation is 1. The third kappa shape index (κ3) is 2.87. The molecule has 0 amide bonds. The molecule has 0 fully saturated rings. The molecule has 1 aromatic carbocycles. The highest BCUT2D eigenvalue weighted by molar-refractivity contribution is 7.99. The summed E-state index contributed by atoms with van der Waals surface area (Å²) in [5.41, 5.74) is 2.30. The van der Waals surface area contributed by atoms with E-state index in [1.54, 1.807) is 4.57 Å². The first-order valence-corrected chi connectivity index (χ1v) is 7.72. The van der Waals surface area contributed by atoms with Crippen molar-refractivity contribution in [2.24, 2.45) is 0 Å². The van der Waals surface area contributed by atoms with Crippen LogP contribution in [0.2, 0.25) is 0 Å².